The zero-order valence-electron chi connectivity index (χ0n) is 16.9. The molecule has 2 N–H and O–H groups in total. The minimum absolute atomic E-state index is 0. The van der Waals surface area contributed by atoms with Crippen LogP contribution in [-0.2, 0) is 0 Å². The first kappa shape index (κ1) is 22.3. The van der Waals surface area contributed by atoms with Gasteiger partial charge in [0.05, 0.1) is 0 Å². The molecule has 0 aliphatic carbocycles. The molecule has 2 aliphatic rings. The minimum Gasteiger partial charge on any atom is -0.369 e. The summed E-state index contributed by atoms with van der Waals surface area (Å²) in [5, 5.41) is 7.09. The molecule has 2 atom stereocenters. The van der Waals surface area contributed by atoms with Crippen molar-refractivity contribution in [3.63, 3.8) is 0 Å². The van der Waals surface area contributed by atoms with Crippen molar-refractivity contribution < 1.29 is 0 Å². The molecule has 1 aromatic rings. The quantitative estimate of drug-likeness (QED) is 0.281. The molecule has 152 valence electrons. The maximum absolute atomic E-state index is 4.41. The number of piperidine rings is 1. The molecule has 2 saturated heterocycles. The van der Waals surface area contributed by atoms with Crippen LogP contribution in [0.5, 0.6) is 0 Å². The maximum Gasteiger partial charge on any atom is 0.191 e. The molecule has 0 radical (unpaired) electrons. The third-order valence-electron chi connectivity index (χ3n) is 5.56. The Hall–Kier alpha value is -1.02. The summed E-state index contributed by atoms with van der Waals surface area (Å²) in [6.07, 6.45) is 5.08. The molecule has 2 unspecified atom stereocenters. The zero-order chi connectivity index (χ0) is 18.2. The van der Waals surface area contributed by atoms with Crippen LogP contribution in [0.25, 0.3) is 0 Å². The van der Waals surface area contributed by atoms with Gasteiger partial charge in [0, 0.05) is 45.0 Å². The summed E-state index contributed by atoms with van der Waals surface area (Å²) < 4.78 is 0. The zero-order valence-corrected chi connectivity index (χ0v) is 19.2. The van der Waals surface area contributed by atoms with Crippen LogP contribution in [0, 0.1) is 5.92 Å². The van der Waals surface area contributed by atoms with E-state index in [0.717, 1.165) is 37.9 Å². The SMILES string of the molecule is CN=C(NCCCN1CCCC(C)C1)NC1CCN(c2ccccc2)C1.I. The Balaban J connectivity index is 0.00000261. The smallest absolute Gasteiger partial charge is 0.191 e. The summed E-state index contributed by atoms with van der Waals surface area (Å²) in [5.74, 6) is 1.80. The predicted octanol–water partition coefficient (Wildman–Crippen LogP) is 3.17. The highest BCUT2D eigenvalue weighted by atomic mass is 127. The van der Waals surface area contributed by atoms with Crippen molar-refractivity contribution in [2.75, 3.05) is 51.2 Å². The van der Waals surface area contributed by atoms with Crippen LogP contribution in [0.1, 0.15) is 32.6 Å². The van der Waals surface area contributed by atoms with Crippen molar-refractivity contribution in [2.24, 2.45) is 10.9 Å². The fourth-order valence-electron chi connectivity index (χ4n) is 4.14. The van der Waals surface area contributed by atoms with E-state index >= 15 is 0 Å². The Bertz CT molecular complexity index is 565. The molecule has 27 heavy (non-hydrogen) atoms. The van der Waals surface area contributed by atoms with Gasteiger partial charge in [-0.25, -0.2) is 0 Å². The first-order valence-corrected chi connectivity index (χ1v) is 10.2. The van der Waals surface area contributed by atoms with Crippen molar-refractivity contribution in [3.8, 4) is 0 Å². The summed E-state index contributed by atoms with van der Waals surface area (Å²) in [4.78, 5) is 9.47. The van der Waals surface area contributed by atoms with E-state index < -0.39 is 0 Å². The van der Waals surface area contributed by atoms with E-state index in [-0.39, 0.29) is 24.0 Å². The standard InChI is InChI=1S/C21H35N5.HI/c1-18-8-6-13-25(16-18)14-7-12-23-21(22-2)24-19-11-15-26(17-19)20-9-4-3-5-10-20;/h3-5,9-10,18-19H,6-8,11-17H2,1-2H3,(H2,22,23,24);1H. The number of nitrogens with zero attached hydrogens (tertiary/aromatic N) is 3. The van der Waals surface area contributed by atoms with E-state index in [1.165, 1.54) is 44.6 Å². The Labute approximate surface area is 182 Å². The van der Waals surface area contributed by atoms with Gasteiger partial charge in [-0.2, -0.15) is 0 Å². The Morgan fingerprint density at radius 1 is 1.15 bits per heavy atom. The number of nitrogens with one attached hydrogen (secondary N) is 2. The van der Waals surface area contributed by atoms with Gasteiger partial charge in [-0.1, -0.05) is 25.1 Å². The van der Waals surface area contributed by atoms with Gasteiger partial charge in [-0.15, -0.1) is 24.0 Å². The Kier molecular flexibility index (Phi) is 9.68. The number of para-hydroxylation sites is 1. The number of hydrogen-bond acceptors (Lipinski definition) is 3. The van der Waals surface area contributed by atoms with E-state index in [2.05, 4.69) is 62.7 Å². The summed E-state index contributed by atoms with van der Waals surface area (Å²) in [5.41, 5.74) is 1.32. The summed E-state index contributed by atoms with van der Waals surface area (Å²) in [6, 6.07) is 11.1. The molecular formula is C21H36IN5. The van der Waals surface area contributed by atoms with Crippen LogP contribution in [0.3, 0.4) is 0 Å². The summed E-state index contributed by atoms with van der Waals surface area (Å²) in [6.45, 7) is 9.23. The lowest BCUT2D eigenvalue weighted by Gasteiger charge is -2.30. The molecule has 1 aromatic carbocycles. The molecule has 0 saturated carbocycles. The number of anilines is 1. The molecular weight excluding hydrogens is 449 g/mol. The van der Waals surface area contributed by atoms with E-state index in [1.54, 1.807) is 0 Å². The number of likely N-dealkylation sites (tertiary alicyclic amines) is 1. The molecule has 5 nitrogen and oxygen atoms in total. The van der Waals surface area contributed by atoms with Crippen LogP contribution >= 0.6 is 24.0 Å². The fraction of sp³-hybridized carbons (Fsp3) is 0.667. The largest absolute Gasteiger partial charge is 0.369 e. The van der Waals surface area contributed by atoms with Crippen LogP contribution in [0.4, 0.5) is 5.69 Å². The molecule has 3 rings (SSSR count). The van der Waals surface area contributed by atoms with E-state index in [9.17, 15) is 0 Å². The van der Waals surface area contributed by atoms with Gasteiger partial charge in [-0.05, 0) is 56.8 Å². The Morgan fingerprint density at radius 2 is 1.96 bits per heavy atom. The molecule has 0 amide bonds. The van der Waals surface area contributed by atoms with Crippen LogP contribution in [-0.4, -0.2) is 63.2 Å². The molecule has 6 heteroatoms. The topological polar surface area (TPSA) is 42.9 Å². The first-order chi connectivity index (χ1) is 12.7. The number of benzene rings is 1. The first-order valence-electron chi connectivity index (χ1n) is 10.2. The third kappa shape index (κ3) is 7.14. The van der Waals surface area contributed by atoms with Gasteiger partial charge in [0.15, 0.2) is 5.96 Å². The number of rotatable bonds is 6. The average Bonchev–Trinajstić information content (AvgIpc) is 3.13. The van der Waals surface area contributed by atoms with Gasteiger partial charge in [0.1, 0.15) is 0 Å². The highest BCUT2D eigenvalue weighted by Gasteiger charge is 2.23. The van der Waals surface area contributed by atoms with Gasteiger partial charge < -0.3 is 20.4 Å². The van der Waals surface area contributed by atoms with Crippen LogP contribution in [0.15, 0.2) is 35.3 Å². The maximum atomic E-state index is 4.41. The lowest BCUT2D eigenvalue weighted by molar-refractivity contribution is 0.182. The molecule has 2 aliphatic heterocycles. The minimum atomic E-state index is 0. The van der Waals surface area contributed by atoms with E-state index in [4.69, 9.17) is 0 Å². The second-order valence-electron chi connectivity index (χ2n) is 7.81. The van der Waals surface area contributed by atoms with Gasteiger partial charge >= 0.3 is 0 Å². The molecule has 2 heterocycles. The summed E-state index contributed by atoms with van der Waals surface area (Å²) >= 11 is 0. The normalized spacial score (nSPS) is 23.8. The summed E-state index contributed by atoms with van der Waals surface area (Å²) in [7, 11) is 1.87. The number of guanidine groups is 1. The van der Waals surface area contributed by atoms with Crippen molar-refractivity contribution in [1.29, 1.82) is 0 Å². The van der Waals surface area contributed by atoms with Gasteiger partial charge in [0.2, 0.25) is 0 Å². The third-order valence-corrected chi connectivity index (χ3v) is 5.56. The lowest BCUT2D eigenvalue weighted by Crippen LogP contribution is -2.45. The van der Waals surface area contributed by atoms with Crippen molar-refractivity contribution in [2.45, 2.75) is 38.6 Å². The average molecular weight is 485 g/mol. The highest BCUT2D eigenvalue weighted by Crippen LogP contribution is 2.19. The highest BCUT2D eigenvalue weighted by molar-refractivity contribution is 14.0. The van der Waals surface area contributed by atoms with E-state index in [1.807, 2.05) is 7.05 Å². The monoisotopic (exact) mass is 485 g/mol. The lowest BCUT2D eigenvalue weighted by atomic mass is 10.0. The van der Waals surface area contributed by atoms with Crippen LogP contribution in [0.2, 0.25) is 0 Å². The number of halogens is 1. The van der Waals surface area contributed by atoms with Gasteiger partial charge in [-0.3, -0.25) is 4.99 Å². The Morgan fingerprint density at radius 3 is 2.70 bits per heavy atom. The molecule has 0 bridgehead atoms. The second-order valence-corrected chi connectivity index (χ2v) is 7.81. The van der Waals surface area contributed by atoms with Crippen molar-refractivity contribution >= 4 is 35.6 Å². The van der Waals surface area contributed by atoms with E-state index in [0.29, 0.717) is 6.04 Å². The number of aliphatic imine (C=N–C) groups is 1. The predicted molar refractivity (Wildman–Crippen MR) is 126 cm³/mol. The fourth-order valence-corrected chi connectivity index (χ4v) is 4.14. The van der Waals surface area contributed by atoms with Crippen molar-refractivity contribution in [1.82, 2.24) is 15.5 Å². The second kappa shape index (κ2) is 11.7. The van der Waals surface area contributed by atoms with Gasteiger partial charge in [0.25, 0.3) is 0 Å². The van der Waals surface area contributed by atoms with Crippen LogP contribution < -0.4 is 15.5 Å². The van der Waals surface area contributed by atoms with Crippen molar-refractivity contribution in [3.05, 3.63) is 30.3 Å². The molecule has 0 spiro atoms. The molecule has 0 aromatic heterocycles. The number of hydrogen-bond donors (Lipinski definition) is 2. The molecule has 2 fully saturated rings.